The van der Waals surface area contributed by atoms with Gasteiger partial charge in [0.2, 0.25) is 0 Å². The predicted octanol–water partition coefficient (Wildman–Crippen LogP) is 6.57. The third-order valence-corrected chi connectivity index (χ3v) is 5.30. The highest BCUT2D eigenvalue weighted by Gasteiger charge is 2.42. The SMILES string of the molecule is O=C(n1cc(OCc2ccccc2)c(OCc2ccccc2)c1COCc1ccccc1)C(F)(F)F. The van der Waals surface area contributed by atoms with Gasteiger partial charge in [0.05, 0.1) is 25.1 Å². The Morgan fingerprint density at radius 3 is 1.64 bits per heavy atom. The maximum Gasteiger partial charge on any atom is 0.472 e. The minimum Gasteiger partial charge on any atom is -0.483 e. The van der Waals surface area contributed by atoms with Crippen LogP contribution in [0.3, 0.4) is 0 Å². The summed E-state index contributed by atoms with van der Waals surface area (Å²) in [5.74, 6) is -2.01. The number of carbonyl (C=O) groups is 1. The molecule has 1 aromatic heterocycles. The van der Waals surface area contributed by atoms with E-state index in [1.165, 1.54) is 0 Å². The van der Waals surface area contributed by atoms with Crippen LogP contribution < -0.4 is 9.47 Å². The van der Waals surface area contributed by atoms with Crippen molar-refractivity contribution in [3.05, 3.63) is 120 Å². The fourth-order valence-corrected chi connectivity index (χ4v) is 3.52. The summed E-state index contributed by atoms with van der Waals surface area (Å²) in [6, 6.07) is 27.5. The average Bonchev–Trinajstić information content (AvgIpc) is 3.24. The minimum absolute atomic E-state index is 0.0192. The molecular formula is C28H24F3NO4. The van der Waals surface area contributed by atoms with Gasteiger partial charge in [0.15, 0.2) is 11.5 Å². The second-order valence-corrected chi connectivity index (χ2v) is 7.97. The van der Waals surface area contributed by atoms with E-state index in [-0.39, 0.29) is 43.6 Å². The van der Waals surface area contributed by atoms with Gasteiger partial charge in [-0.2, -0.15) is 13.2 Å². The first-order chi connectivity index (χ1) is 17.4. The van der Waals surface area contributed by atoms with E-state index in [0.717, 1.165) is 22.9 Å². The molecule has 0 saturated heterocycles. The van der Waals surface area contributed by atoms with Crippen molar-refractivity contribution in [3.63, 3.8) is 0 Å². The molecule has 4 aromatic rings. The van der Waals surface area contributed by atoms with E-state index in [1.54, 1.807) is 0 Å². The number of hydrogen-bond acceptors (Lipinski definition) is 4. The molecule has 0 aliphatic rings. The van der Waals surface area contributed by atoms with Crippen molar-refractivity contribution < 1.29 is 32.2 Å². The molecular weight excluding hydrogens is 471 g/mol. The van der Waals surface area contributed by atoms with E-state index in [4.69, 9.17) is 14.2 Å². The van der Waals surface area contributed by atoms with Crippen molar-refractivity contribution in [2.45, 2.75) is 32.6 Å². The second-order valence-electron chi connectivity index (χ2n) is 7.97. The lowest BCUT2D eigenvalue weighted by atomic mass is 10.2. The standard InChI is InChI=1S/C28H24F3NO4/c29-28(30,31)27(33)32-16-25(35-18-22-12-6-2-7-13-22)26(36-19-23-14-8-3-9-15-23)24(32)20-34-17-21-10-4-1-5-11-21/h1-16H,17-20H2. The fraction of sp³-hybridized carbons (Fsp3) is 0.179. The molecule has 4 rings (SSSR count). The lowest BCUT2D eigenvalue weighted by Gasteiger charge is -2.14. The predicted molar refractivity (Wildman–Crippen MR) is 128 cm³/mol. The third-order valence-electron chi connectivity index (χ3n) is 5.30. The van der Waals surface area contributed by atoms with Crippen LogP contribution in [-0.4, -0.2) is 16.7 Å². The van der Waals surface area contributed by atoms with Gasteiger partial charge >= 0.3 is 12.1 Å². The quantitative estimate of drug-likeness (QED) is 0.250. The molecule has 36 heavy (non-hydrogen) atoms. The van der Waals surface area contributed by atoms with Crippen molar-refractivity contribution in [2.24, 2.45) is 0 Å². The van der Waals surface area contributed by atoms with Gasteiger partial charge in [0.25, 0.3) is 0 Å². The van der Waals surface area contributed by atoms with Gasteiger partial charge in [-0.15, -0.1) is 0 Å². The normalized spacial score (nSPS) is 11.3. The summed E-state index contributed by atoms with van der Waals surface area (Å²) in [7, 11) is 0. The molecule has 0 fully saturated rings. The van der Waals surface area contributed by atoms with Crippen LogP contribution in [-0.2, 0) is 31.2 Å². The van der Waals surface area contributed by atoms with E-state index in [0.29, 0.717) is 4.57 Å². The van der Waals surface area contributed by atoms with Gasteiger partial charge in [0, 0.05) is 0 Å². The first kappa shape index (κ1) is 25.1. The van der Waals surface area contributed by atoms with Gasteiger partial charge in [0.1, 0.15) is 13.2 Å². The minimum atomic E-state index is -5.10. The molecule has 8 heteroatoms. The molecule has 186 valence electrons. The molecule has 0 N–H and O–H groups in total. The number of ether oxygens (including phenoxy) is 3. The van der Waals surface area contributed by atoms with Gasteiger partial charge in [-0.1, -0.05) is 91.0 Å². The van der Waals surface area contributed by atoms with Crippen molar-refractivity contribution >= 4 is 5.91 Å². The molecule has 1 heterocycles. The highest BCUT2D eigenvalue weighted by Crippen LogP contribution is 2.37. The number of rotatable bonds is 10. The molecule has 3 aromatic carbocycles. The van der Waals surface area contributed by atoms with Crippen LogP contribution in [0, 0.1) is 0 Å². The summed E-state index contributed by atoms with van der Waals surface area (Å²) in [6.45, 7) is -0.00436. The first-order valence-corrected chi connectivity index (χ1v) is 11.2. The zero-order valence-electron chi connectivity index (χ0n) is 19.3. The smallest absolute Gasteiger partial charge is 0.472 e. The van der Waals surface area contributed by atoms with Crippen LogP contribution in [0.15, 0.2) is 97.2 Å². The van der Waals surface area contributed by atoms with Gasteiger partial charge in [-0.3, -0.25) is 9.36 Å². The number of nitrogens with zero attached hydrogens (tertiary/aromatic N) is 1. The molecule has 0 bridgehead atoms. The Morgan fingerprint density at radius 1 is 0.667 bits per heavy atom. The van der Waals surface area contributed by atoms with Crippen LogP contribution in [0.25, 0.3) is 0 Å². The maximum absolute atomic E-state index is 13.5. The Kier molecular flexibility index (Phi) is 8.07. The van der Waals surface area contributed by atoms with Crippen LogP contribution >= 0.6 is 0 Å². The highest BCUT2D eigenvalue weighted by atomic mass is 19.4. The molecule has 0 aliphatic heterocycles. The Hall–Kier alpha value is -4.04. The molecule has 5 nitrogen and oxygen atoms in total. The zero-order valence-corrected chi connectivity index (χ0v) is 19.3. The zero-order chi connectivity index (χ0) is 25.4. The Balaban J connectivity index is 1.65. The number of hydrogen-bond donors (Lipinski definition) is 0. The van der Waals surface area contributed by atoms with Crippen LogP contribution in [0.4, 0.5) is 13.2 Å². The van der Waals surface area contributed by atoms with E-state index in [2.05, 4.69) is 0 Å². The number of carbonyl (C=O) groups excluding carboxylic acids is 1. The van der Waals surface area contributed by atoms with E-state index in [1.807, 2.05) is 91.0 Å². The topological polar surface area (TPSA) is 49.7 Å². The Labute approximate surface area is 206 Å². The molecule has 0 amide bonds. The van der Waals surface area contributed by atoms with Crippen LogP contribution in [0.1, 0.15) is 27.2 Å². The summed E-state index contributed by atoms with van der Waals surface area (Å²) >= 11 is 0. The first-order valence-electron chi connectivity index (χ1n) is 11.2. The fourth-order valence-electron chi connectivity index (χ4n) is 3.52. The van der Waals surface area contributed by atoms with Crippen LogP contribution in [0.2, 0.25) is 0 Å². The summed E-state index contributed by atoms with van der Waals surface area (Å²) in [4.78, 5) is 12.3. The monoisotopic (exact) mass is 495 g/mol. The Bertz CT molecular complexity index is 1260. The van der Waals surface area contributed by atoms with E-state index < -0.39 is 12.1 Å². The van der Waals surface area contributed by atoms with Crippen molar-refractivity contribution in [2.75, 3.05) is 0 Å². The van der Waals surface area contributed by atoms with E-state index in [9.17, 15) is 18.0 Å². The highest BCUT2D eigenvalue weighted by molar-refractivity contribution is 5.86. The number of halogens is 3. The Morgan fingerprint density at radius 2 is 1.14 bits per heavy atom. The molecule has 0 spiro atoms. The summed E-state index contributed by atoms with van der Waals surface area (Å²) in [5.41, 5.74) is 2.37. The van der Waals surface area contributed by atoms with Gasteiger partial charge < -0.3 is 14.2 Å². The second kappa shape index (κ2) is 11.6. The lowest BCUT2D eigenvalue weighted by molar-refractivity contribution is -0.0950. The summed E-state index contributed by atoms with van der Waals surface area (Å²) in [5, 5.41) is 0. The molecule has 0 saturated carbocycles. The largest absolute Gasteiger partial charge is 0.483 e. The molecule has 0 unspecified atom stereocenters. The summed E-state index contributed by atoms with van der Waals surface area (Å²) < 4.78 is 58.3. The molecule has 0 aliphatic carbocycles. The van der Waals surface area contributed by atoms with E-state index >= 15 is 0 Å². The van der Waals surface area contributed by atoms with Gasteiger partial charge in [-0.05, 0) is 16.7 Å². The maximum atomic E-state index is 13.5. The number of benzene rings is 3. The average molecular weight is 495 g/mol. The summed E-state index contributed by atoms with van der Waals surface area (Å²) in [6.07, 6.45) is -4.08. The molecule has 0 atom stereocenters. The van der Waals surface area contributed by atoms with Crippen molar-refractivity contribution in [1.82, 2.24) is 4.57 Å². The van der Waals surface area contributed by atoms with Gasteiger partial charge in [-0.25, -0.2) is 0 Å². The number of alkyl halides is 3. The lowest BCUT2D eigenvalue weighted by Crippen LogP contribution is -2.30. The third kappa shape index (κ3) is 6.55. The number of aromatic nitrogens is 1. The van der Waals surface area contributed by atoms with Crippen molar-refractivity contribution in [3.8, 4) is 11.5 Å². The molecule has 0 radical (unpaired) electrons. The van der Waals surface area contributed by atoms with Crippen molar-refractivity contribution in [1.29, 1.82) is 0 Å². The van der Waals surface area contributed by atoms with Crippen LogP contribution in [0.5, 0.6) is 11.5 Å².